The first-order valence-electron chi connectivity index (χ1n) is 5.93. The highest BCUT2D eigenvalue weighted by atomic mass is 79.9. The molecule has 1 atom stereocenters. The molecule has 0 saturated carbocycles. The molecule has 17 heavy (non-hydrogen) atoms. The number of rotatable bonds is 5. The molecule has 1 N–H and O–H groups in total. The Kier molecular flexibility index (Phi) is 5.19. The molecule has 0 fully saturated rings. The number of hydrogen-bond acceptors (Lipinski definition) is 1. The monoisotopic (exact) mass is 297 g/mol. The fraction of sp³-hybridized carbons (Fsp3) is 0.500. The molecule has 1 amide bonds. The van der Waals surface area contributed by atoms with Crippen LogP contribution in [0.5, 0.6) is 0 Å². The number of benzene rings is 1. The third-order valence-electron chi connectivity index (χ3n) is 2.77. The zero-order chi connectivity index (χ0) is 12.9. The number of alkyl halides is 1. The van der Waals surface area contributed by atoms with E-state index in [1.54, 1.807) is 0 Å². The van der Waals surface area contributed by atoms with E-state index in [0.717, 1.165) is 6.42 Å². The van der Waals surface area contributed by atoms with Crippen LogP contribution in [-0.4, -0.2) is 16.8 Å². The van der Waals surface area contributed by atoms with Crippen LogP contribution >= 0.6 is 15.9 Å². The molecule has 0 bridgehead atoms. The summed E-state index contributed by atoms with van der Waals surface area (Å²) in [6, 6.07) is 10.4. The molecular formula is C14H20BrNO. The van der Waals surface area contributed by atoms with Gasteiger partial charge in [0.1, 0.15) is 0 Å². The first kappa shape index (κ1) is 14.2. The summed E-state index contributed by atoms with van der Waals surface area (Å²) in [7, 11) is 0. The van der Waals surface area contributed by atoms with Gasteiger partial charge in [-0.05, 0) is 31.7 Å². The minimum Gasteiger partial charge on any atom is -0.355 e. The molecule has 0 aliphatic rings. The minimum atomic E-state index is -0.483. The summed E-state index contributed by atoms with van der Waals surface area (Å²) in [5.74, 6) is 0.507. The quantitative estimate of drug-likeness (QED) is 0.829. The summed E-state index contributed by atoms with van der Waals surface area (Å²) in [6.45, 7) is 6.59. The van der Waals surface area contributed by atoms with Crippen molar-refractivity contribution in [3.05, 3.63) is 35.9 Å². The molecule has 0 spiro atoms. The smallest absolute Gasteiger partial charge is 0.236 e. The van der Waals surface area contributed by atoms with E-state index >= 15 is 0 Å². The largest absolute Gasteiger partial charge is 0.355 e. The van der Waals surface area contributed by atoms with Gasteiger partial charge in [-0.3, -0.25) is 4.79 Å². The average molecular weight is 298 g/mol. The van der Waals surface area contributed by atoms with E-state index in [-0.39, 0.29) is 5.91 Å². The second-order valence-electron chi connectivity index (χ2n) is 4.83. The Morgan fingerprint density at radius 2 is 1.94 bits per heavy atom. The Labute approximate surface area is 112 Å². The van der Waals surface area contributed by atoms with Crippen LogP contribution < -0.4 is 5.32 Å². The van der Waals surface area contributed by atoms with Crippen molar-refractivity contribution < 1.29 is 4.79 Å². The molecule has 1 rings (SSSR count). The lowest BCUT2D eigenvalue weighted by Crippen LogP contribution is -2.38. The van der Waals surface area contributed by atoms with Gasteiger partial charge in [0.15, 0.2) is 0 Å². The molecule has 0 radical (unpaired) electrons. The van der Waals surface area contributed by atoms with Crippen LogP contribution in [0.15, 0.2) is 30.3 Å². The van der Waals surface area contributed by atoms with Crippen LogP contribution in [0.1, 0.15) is 38.7 Å². The third kappa shape index (κ3) is 4.90. The van der Waals surface area contributed by atoms with Crippen molar-refractivity contribution in [3.8, 4) is 0 Å². The van der Waals surface area contributed by atoms with Crippen LogP contribution in [0.3, 0.4) is 0 Å². The number of carbonyl (C=O) groups excluding carboxylic acids is 1. The highest BCUT2D eigenvalue weighted by molar-refractivity contribution is 9.10. The molecule has 2 nitrogen and oxygen atoms in total. The first-order valence-corrected chi connectivity index (χ1v) is 6.72. The van der Waals surface area contributed by atoms with Crippen LogP contribution in [0, 0.1) is 0 Å². The standard InChI is InChI=1S/C14H20BrNO/c1-11(12-7-5-4-6-8-12)9-10-16-13(17)14(2,3)15/h4-8,11H,9-10H2,1-3H3,(H,16,17). The van der Waals surface area contributed by atoms with Gasteiger partial charge < -0.3 is 5.32 Å². The first-order chi connectivity index (χ1) is 7.91. The predicted molar refractivity (Wildman–Crippen MR) is 75.5 cm³/mol. The Balaban J connectivity index is 2.35. The lowest BCUT2D eigenvalue weighted by molar-refractivity contribution is -0.122. The summed E-state index contributed by atoms with van der Waals surface area (Å²) < 4.78 is -0.483. The molecule has 1 unspecified atom stereocenters. The highest BCUT2D eigenvalue weighted by Gasteiger charge is 2.22. The summed E-state index contributed by atoms with van der Waals surface area (Å²) in [5.41, 5.74) is 1.32. The highest BCUT2D eigenvalue weighted by Crippen LogP contribution is 2.18. The van der Waals surface area contributed by atoms with Crippen molar-refractivity contribution in [1.29, 1.82) is 0 Å². The van der Waals surface area contributed by atoms with Crippen molar-refractivity contribution in [2.24, 2.45) is 0 Å². The molecule has 0 aliphatic heterocycles. The Morgan fingerprint density at radius 1 is 1.35 bits per heavy atom. The number of halogens is 1. The molecule has 1 aromatic rings. The summed E-state index contributed by atoms with van der Waals surface area (Å²) in [6.07, 6.45) is 0.957. The van der Waals surface area contributed by atoms with Crippen molar-refractivity contribution in [3.63, 3.8) is 0 Å². The van der Waals surface area contributed by atoms with Gasteiger partial charge >= 0.3 is 0 Å². The van der Waals surface area contributed by atoms with Crippen LogP contribution in [0.25, 0.3) is 0 Å². The maximum absolute atomic E-state index is 11.6. The number of carbonyl (C=O) groups is 1. The van der Waals surface area contributed by atoms with Crippen molar-refractivity contribution in [2.45, 2.75) is 37.4 Å². The normalized spacial score (nSPS) is 13.2. The van der Waals surface area contributed by atoms with E-state index in [1.807, 2.05) is 32.0 Å². The van der Waals surface area contributed by atoms with E-state index < -0.39 is 4.32 Å². The van der Waals surface area contributed by atoms with Crippen LogP contribution in [0.4, 0.5) is 0 Å². The zero-order valence-corrected chi connectivity index (χ0v) is 12.3. The lowest BCUT2D eigenvalue weighted by Gasteiger charge is -2.17. The van der Waals surface area contributed by atoms with Gasteiger partial charge in [0.25, 0.3) is 0 Å². The van der Waals surface area contributed by atoms with E-state index in [9.17, 15) is 4.79 Å². The van der Waals surface area contributed by atoms with Crippen molar-refractivity contribution in [1.82, 2.24) is 5.32 Å². The van der Waals surface area contributed by atoms with E-state index in [0.29, 0.717) is 12.5 Å². The molecule has 1 aromatic carbocycles. The molecule has 0 heterocycles. The zero-order valence-electron chi connectivity index (χ0n) is 10.7. The lowest BCUT2D eigenvalue weighted by atomic mass is 9.98. The van der Waals surface area contributed by atoms with Crippen molar-refractivity contribution >= 4 is 21.8 Å². The topological polar surface area (TPSA) is 29.1 Å². The fourth-order valence-electron chi connectivity index (χ4n) is 1.56. The predicted octanol–water partition coefficient (Wildman–Crippen LogP) is 3.47. The van der Waals surface area contributed by atoms with Crippen molar-refractivity contribution in [2.75, 3.05) is 6.54 Å². The second-order valence-corrected chi connectivity index (χ2v) is 6.81. The molecule has 3 heteroatoms. The Hall–Kier alpha value is -0.830. The maximum Gasteiger partial charge on any atom is 0.236 e. The van der Waals surface area contributed by atoms with E-state index in [2.05, 4.69) is 40.3 Å². The minimum absolute atomic E-state index is 0.0396. The molecular weight excluding hydrogens is 278 g/mol. The van der Waals surface area contributed by atoms with Gasteiger partial charge in [0, 0.05) is 6.54 Å². The average Bonchev–Trinajstić information content (AvgIpc) is 2.28. The summed E-state index contributed by atoms with van der Waals surface area (Å²) in [4.78, 5) is 11.6. The molecule has 94 valence electrons. The fourth-order valence-corrected chi connectivity index (χ4v) is 1.70. The summed E-state index contributed by atoms with van der Waals surface area (Å²) in [5, 5.41) is 2.94. The van der Waals surface area contributed by atoms with Gasteiger partial charge in [-0.2, -0.15) is 0 Å². The molecule has 0 aliphatic carbocycles. The summed E-state index contributed by atoms with van der Waals surface area (Å²) >= 11 is 3.34. The molecule has 0 saturated heterocycles. The van der Waals surface area contributed by atoms with E-state index in [4.69, 9.17) is 0 Å². The second kappa shape index (κ2) is 6.20. The van der Waals surface area contributed by atoms with Crippen LogP contribution in [-0.2, 0) is 4.79 Å². The third-order valence-corrected chi connectivity index (χ3v) is 3.13. The van der Waals surface area contributed by atoms with E-state index in [1.165, 1.54) is 5.56 Å². The molecule has 0 aromatic heterocycles. The SMILES string of the molecule is CC(CCNC(=O)C(C)(C)Br)c1ccccc1. The number of nitrogens with one attached hydrogen (secondary N) is 1. The Bertz CT molecular complexity index is 356. The van der Waals surface area contributed by atoms with Gasteiger partial charge in [-0.25, -0.2) is 0 Å². The van der Waals surface area contributed by atoms with Crippen LogP contribution in [0.2, 0.25) is 0 Å². The van der Waals surface area contributed by atoms with Gasteiger partial charge in [0.05, 0.1) is 4.32 Å². The number of hydrogen-bond donors (Lipinski definition) is 1. The van der Waals surface area contributed by atoms with Gasteiger partial charge in [-0.15, -0.1) is 0 Å². The van der Waals surface area contributed by atoms with Gasteiger partial charge in [-0.1, -0.05) is 53.2 Å². The number of amides is 1. The van der Waals surface area contributed by atoms with Gasteiger partial charge in [0.2, 0.25) is 5.91 Å². The maximum atomic E-state index is 11.6. The Morgan fingerprint density at radius 3 is 2.47 bits per heavy atom.